The van der Waals surface area contributed by atoms with E-state index in [4.69, 9.17) is 9.47 Å². The van der Waals surface area contributed by atoms with E-state index in [0.717, 1.165) is 18.8 Å². The molecule has 1 N–H and O–H groups in total. The number of rotatable bonds is 8. The molecule has 0 saturated carbocycles. The van der Waals surface area contributed by atoms with Crippen molar-refractivity contribution in [2.24, 2.45) is 5.92 Å². The fourth-order valence-electron chi connectivity index (χ4n) is 1.37. The van der Waals surface area contributed by atoms with Gasteiger partial charge in [-0.25, -0.2) is 4.98 Å². The van der Waals surface area contributed by atoms with E-state index >= 15 is 0 Å². The molecule has 0 aliphatic carbocycles. The number of aromatic nitrogens is 2. The molecule has 0 bridgehead atoms. The highest BCUT2D eigenvalue weighted by molar-refractivity contribution is 5.30. The van der Waals surface area contributed by atoms with Crippen molar-refractivity contribution in [3.63, 3.8) is 0 Å². The predicted octanol–water partition coefficient (Wildman–Crippen LogP) is 2.27. The zero-order valence-corrected chi connectivity index (χ0v) is 11.7. The van der Waals surface area contributed by atoms with Crippen molar-refractivity contribution < 1.29 is 9.47 Å². The lowest BCUT2D eigenvalue weighted by atomic mass is 10.2. The van der Waals surface area contributed by atoms with Crippen LogP contribution in [-0.4, -0.2) is 36.3 Å². The monoisotopic (exact) mass is 253 g/mol. The van der Waals surface area contributed by atoms with Gasteiger partial charge in [0.1, 0.15) is 6.61 Å². The fourth-order valence-corrected chi connectivity index (χ4v) is 1.37. The summed E-state index contributed by atoms with van der Waals surface area (Å²) in [6, 6.07) is 1.82. The highest BCUT2D eigenvalue weighted by Gasteiger charge is 2.02. The van der Waals surface area contributed by atoms with Crippen LogP contribution < -0.4 is 10.1 Å². The van der Waals surface area contributed by atoms with Crippen molar-refractivity contribution in [2.75, 3.05) is 31.7 Å². The van der Waals surface area contributed by atoms with Crippen molar-refractivity contribution >= 4 is 5.95 Å². The summed E-state index contributed by atoms with van der Waals surface area (Å²) in [5.41, 5.74) is 0.888. The van der Waals surface area contributed by atoms with Crippen LogP contribution >= 0.6 is 0 Å². The number of hydrogen-bond donors (Lipinski definition) is 1. The summed E-state index contributed by atoms with van der Waals surface area (Å²) in [7, 11) is 0. The number of ether oxygens (including phenoxy) is 2. The van der Waals surface area contributed by atoms with Gasteiger partial charge in [0.15, 0.2) is 0 Å². The smallest absolute Gasteiger partial charge is 0.226 e. The van der Waals surface area contributed by atoms with Crippen molar-refractivity contribution in [2.45, 2.75) is 27.7 Å². The molecular formula is C13H23N3O2. The maximum atomic E-state index is 5.54. The topological polar surface area (TPSA) is 56.3 Å². The summed E-state index contributed by atoms with van der Waals surface area (Å²) in [6.07, 6.45) is 0. The first-order valence-electron chi connectivity index (χ1n) is 6.42. The van der Waals surface area contributed by atoms with E-state index in [2.05, 4.69) is 29.1 Å². The molecule has 1 heterocycles. The highest BCUT2D eigenvalue weighted by Crippen LogP contribution is 2.11. The Morgan fingerprint density at radius 1 is 1.28 bits per heavy atom. The van der Waals surface area contributed by atoms with Gasteiger partial charge in [0.2, 0.25) is 11.8 Å². The Balaban J connectivity index is 2.37. The summed E-state index contributed by atoms with van der Waals surface area (Å²) in [5.74, 6) is 1.74. The zero-order chi connectivity index (χ0) is 13.4. The van der Waals surface area contributed by atoms with Gasteiger partial charge in [-0.2, -0.15) is 4.98 Å². The third kappa shape index (κ3) is 5.82. The Morgan fingerprint density at radius 3 is 2.72 bits per heavy atom. The third-order valence-electron chi connectivity index (χ3n) is 2.09. The second kappa shape index (κ2) is 7.87. The number of nitrogens with zero attached hydrogens (tertiary/aromatic N) is 2. The summed E-state index contributed by atoms with van der Waals surface area (Å²) in [6.45, 7) is 10.8. The lowest BCUT2D eigenvalue weighted by molar-refractivity contribution is 0.0806. The van der Waals surface area contributed by atoms with Crippen molar-refractivity contribution in [1.82, 2.24) is 9.97 Å². The van der Waals surface area contributed by atoms with Gasteiger partial charge in [-0.1, -0.05) is 13.8 Å². The molecule has 1 rings (SSSR count). The van der Waals surface area contributed by atoms with Gasteiger partial charge in [0, 0.05) is 24.9 Å². The SMILES string of the molecule is CCNc1nc(C)cc(OCCOCC(C)C)n1. The first-order chi connectivity index (χ1) is 8.61. The molecule has 0 aliphatic rings. The predicted molar refractivity (Wildman–Crippen MR) is 72.1 cm³/mol. The zero-order valence-electron chi connectivity index (χ0n) is 11.7. The molecule has 0 unspecified atom stereocenters. The Morgan fingerprint density at radius 2 is 2.06 bits per heavy atom. The molecule has 0 amide bonds. The second-order valence-corrected chi connectivity index (χ2v) is 4.52. The van der Waals surface area contributed by atoms with Crippen molar-refractivity contribution in [3.05, 3.63) is 11.8 Å². The normalized spacial score (nSPS) is 10.7. The number of hydrogen-bond acceptors (Lipinski definition) is 5. The summed E-state index contributed by atoms with van der Waals surface area (Å²) in [5, 5.41) is 3.07. The fraction of sp³-hybridized carbons (Fsp3) is 0.692. The molecule has 0 aliphatic heterocycles. The van der Waals surface area contributed by atoms with E-state index in [1.807, 2.05) is 19.9 Å². The minimum atomic E-state index is 0.509. The average Bonchev–Trinajstić information content (AvgIpc) is 2.28. The van der Waals surface area contributed by atoms with E-state index in [0.29, 0.717) is 31.0 Å². The lowest BCUT2D eigenvalue weighted by Crippen LogP contribution is -2.11. The van der Waals surface area contributed by atoms with Crippen LogP contribution in [0.5, 0.6) is 5.88 Å². The minimum Gasteiger partial charge on any atom is -0.475 e. The lowest BCUT2D eigenvalue weighted by Gasteiger charge is -2.09. The Kier molecular flexibility index (Phi) is 6.43. The number of nitrogens with one attached hydrogen (secondary N) is 1. The van der Waals surface area contributed by atoms with Gasteiger partial charge in [0.25, 0.3) is 0 Å². The van der Waals surface area contributed by atoms with Crippen LogP contribution in [0.1, 0.15) is 26.5 Å². The highest BCUT2D eigenvalue weighted by atomic mass is 16.5. The van der Waals surface area contributed by atoms with Crippen molar-refractivity contribution in [3.8, 4) is 5.88 Å². The Hall–Kier alpha value is -1.36. The van der Waals surface area contributed by atoms with Crippen LogP contribution in [0.4, 0.5) is 5.95 Å². The van der Waals surface area contributed by atoms with Gasteiger partial charge >= 0.3 is 0 Å². The van der Waals surface area contributed by atoms with E-state index < -0.39 is 0 Å². The molecule has 0 spiro atoms. The quantitative estimate of drug-likeness (QED) is 0.720. The van der Waals surface area contributed by atoms with E-state index in [1.54, 1.807) is 0 Å². The third-order valence-corrected chi connectivity index (χ3v) is 2.09. The molecule has 102 valence electrons. The van der Waals surface area contributed by atoms with Crippen LogP contribution in [0.25, 0.3) is 0 Å². The van der Waals surface area contributed by atoms with Crippen molar-refractivity contribution in [1.29, 1.82) is 0 Å². The molecule has 5 heteroatoms. The summed E-state index contributed by atoms with van der Waals surface area (Å²) >= 11 is 0. The van der Waals surface area contributed by atoms with Gasteiger partial charge in [-0.3, -0.25) is 0 Å². The van der Waals surface area contributed by atoms with Gasteiger partial charge in [0.05, 0.1) is 6.61 Å². The molecule has 0 radical (unpaired) electrons. The molecule has 0 saturated heterocycles. The largest absolute Gasteiger partial charge is 0.475 e. The summed E-state index contributed by atoms with van der Waals surface area (Å²) < 4.78 is 11.0. The Bertz CT molecular complexity index is 356. The molecule has 0 atom stereocenters. The van der Waals surface area contributed by atoms with Crippen LogP contribution in [0, 0.1) is 12.8 Å². The first kappa shape index (κ1) is 14.7. The molecule has 0 aromatic carbocycles. The molecule has 1 aromatic heterocycles. The van der Waals surface area contributed by atoms with E-state index in [-0.39, 0.29) is 0 Å². The van der Waals surface area contributed by atoms with Crippen LogP contribution in [0.2, 0.25) is 0 Å². The average molecular weight is 253 g/mol. The van der Waals surface area contributed by atoms with Crippen LogP contribution in [0.15, 0.2) is 6.07 Å². The van der Waals surface area contributed by atoms with E-state index in [9.17, 15) is 0 Å². The molecule has 1 aromatic rings. The van der Waals surface area contributed by atoms with Gasteiger partial charge in [-0.05, 0) is 19.8 Å². The number of aryl methyl sites for hydroxylation is 1. The standard InChI is InChI=1S/C13H23N3O2/c1-5-14-13-15-11(4)8-12(16-13)18-7-6-17-9-10(2)3/h8,10H,5-7,9H2,1-4H3,(H,14,15,16). The van der Waals surface area contributed by atoms with Crippen LogP contribution in [0.3, 0.4) is 0 Å². The number of anilines is 1. The second-order valence-electron chi connectivity index (χ2n) is 4.52. The molecular weight excluding hydrogens is 230 g/mol. The first-order valence-corrected chi connectivity index (χ1v) is 6.42. The van der Waals surface area contributed by atoms with Crippen LogP contribution in [-0.2, 0) is 4.74 Å². The minimum absolute atomic E-state index is 0.509. The maximum Gasteiger partial charge on any atom is 0.226 e. The van der Waals surface area contributed by atoms with Gasteiger partial charge < -0.3 is 14.8 Å². The maximum absolute atomic E-state index is 5.54. The molecule has 0 fully saturated rings. The molecule has 5 nitrogen and oxygen atoms in total. The Labute approximate surface area is 109 Å². The summed E-state index contributed by atoms with van der Waals surface area (Å²) in [4.78, 5) is 8.51. The van der Waals surface area contributed by atoms with Gasteiger partial charge in [-0.15, -0.1) is 0 Å². The van der Waals surface area contributed by atoms with E-state index in [1.165, 1.54) is 0 Å². The molecule has 18 heavy (non-hydrogen) atoms.